The van der Waals surface area contributed by atoms with E-state index in [1.807, 2.05) is 36.0 Å². The lowest BCUT2D eigenvalue weighted by molar-refractivity contribution is 0.706. The van der Waals surface area contributed by atoms with Crippen LogP contribution in [0.5, 0.6) is 0 Å². The van der Waals surface area contributed by atoms with E-state index in [1.54, 1.807) is 0 Å². The largest absolute Gasteiger partial charge is 0.314 e. The minimum atomic E-state index is 0.0444. The topological polar surface area (TPSA) is 12.0 Å². The SMILES string of the molecule is ClC(CNCCSc1ccccc1)c1ccccc1. The molecular weight excluding hydrogens is 274 g/mol. The van der Waals surface area contributed by atoms with Crippen molar-refractivity contribution < 1.29 is 0 Å². The minimum Gasteiger partial charge on any atom is -0.314 e. The van der Waals surface area contributed by atoms with Crippen molar-refractivity contribution >= 4 is 23.4 Å². The average Bonchev–Trinajstić information content (AvgIpc) is 2.49. The summed E-state index contributed by atoms with van der Waals surface area (Å²) in [7, 11) is 0. The van der Waals surface area contributed by atoms with Crippen molar-refractivity contribution in [3.8, 4) is 0 Å². The van der Waals surface area contributed by atoms with Crippen LogP contribution in [0.4, 0.5) is 0 Å². The van der Waals surface area contributed by atoms with Gasteiger partial charge in [-0.1, -0.05) is 48.5 Å². The zero-order valence-electron chi connectivity index (χ0n) is 10.8. The first-order chi connectivity index (χ1) is 9.36. The molecule has 1 atom stereocenters. The Balaban J connectivity index is 1.62. The third kappa shape index (κ3) is 5.27. The predicted octanol–water partition coefficient (Wildman–Crippen LogP) is 4.35. The van der Waals surface area contributed by atoms with Crippen molar-refractivity contribution in [2.75, 3.05) is 18.8 Å². The molecule has 0 radical (unpaired) electrons. The van der Waals surface area contributed by atoms with E-state index in [-0.39, 0.29) is 5.38 Å². The second-order valence-corrected chi connectivity index (χ2v) is 5.94. The number of hydrogen-bond donors (Lipinski definition) is 1. The van der Waals surface area contributed by atoms with Crippen LogP contribution in [0.3, 0.4) is 0 Å². The van der Waals surface area contributed by atoms with E-state index in [9.17, 15) is 0 Å². The van der Waals surface area contributed by atoms with E-state index in [2.05, 4.69) is 41.7 Å². The highest BCUT2D eigenvalue weighted by molar-refractivity contribution is 7.99. The molecule has 1 unspecified atom stereocenters. The van der Waals surface area contributed by atoms with Gasteiger partial charge in [0.15, 0.2) is 0 Å². The molecule has 0 fully saturated rings. The van der Waals surface area contributed by atoms with E-state index in [4.69, 9.17) is 11.6 Å². The van der Waals surface area contributed by atoms with Crippen molar-refractivity contribution in [2.45, 2.75) is 10.3 Å². The molecule has 0 amide bonds. The van der Waals surface area contributed by atoms with Gasteiger partial charge < -0.3 is 5.32 Å². The maximum atomic E-state index is 6.33. The summed E-state index contributed by atoms with van der Waals surface area (Å²) in [6.07, 6.45) is 0. The minimum absolute atomic E-state index is 0.0444. The molecule has 3 heteroatoms. The quantitative estimate of drug-likeness (QED) is 0.462. The van der Waals surface area contributed by atoms with Crippen LogP contribution < -0.4 is 5.32 Å². The molecule has 1 N–H and O–H groups in total. The van der Waals surface area contributed by atoms with Gasteiger partial charge in [0.2, 0.25) is 0 Å². The Morgan fingerprint density at radius 1 is 0.947 bits per heavy atom. The normalized spacial score (nSPS) is 12.3. The fourth-order valence-electron chi connectivity index (χ4n) is 1.77. The molecule has 0 aliphatic rings. The van der Waals surface area contributed by atoms with Crippen molar-refractivity contribution in [3.05, 3.63) is 66.2 Å². The third-order valence-electron chi connectivity index (χ3n) is 2.78. The van der Waals surface area contributed by atoms with Crippen LogP contribution in [0.2, 0.25) is 0 Å². The number of nitrogens with one attached hydrogen (secondary N) is 1. The summed E-state index contributed by atoms with van der Waals surface area (Å²) in [5.74, 6) is 1.06. The van der Waals surface area contributed by atoms with Crippen molar-refractivity contribution in [2.24, 2.45) is 0 Å². The van der Waals surface area contributed by atoms with Gasteiger partial charge in [0.05, 0.1) is 5.38 Å². The Morgan fingerprint density at radius 2 is 1.58 bits per heavy atom. The zero-order valence-corrected chi connectivity index (χ0v) is 12.3. The van der Waals surface area contributed by atoms with E-state index in [0.29, 0.717) is 0 Å². The second kappa shape index (κ2) is 8.26. The first kappa shape index (κ1) is 14.4. The van der Waals surface area contributed by atoms with Crippen LogP contribution in [0.25, 0.3) is 0 Å². The smallest absolute Gasteiger partial charge is 0.0709 e. The summed E-state index contributed by atoms with van der Waals surface area (Å²) in [4.78, 5) is 1.31. The molecule has 2 rings (SSSR count). The Morgan fingerprint density at radius 3 is 2.26 bits per heavy atom. The van der Waals surface area contributed by atoms with Crippen molar-refractivity contribution in [1.29, 1.82) is 0 Å². The first-order valence-corrected chi connectivity index (χ1v) is 7.86. The third-order valence-corrected chi connectivity index (χ3v) is 4.20. The number of alkyl halides is 1. The van der Waals surface area contributed by atoms with Gasteiger partial charge in [0.1, 0.15) is 0 Å². The number of halogens is 1. The van der Waals surface area contributed by atoms with Crippen LogP contribution in [0, 0.1) is 0 Å². The Bertz CT molecular complexity index is 461. The Kier molecular flexibility index (Phi) is 6.28. The summed E-state index contributed by atoms with van der Waals surface area (Å²) in [6.45, 7) is 1.77. The van der Waals surface area contributed by atoms with Gasteiger partial charge in [-0.2, -0.15) is 0 Å². The summed E-state index contributed by atoms with van der Waals surface area (Å²) in [6, 6.07) is 20.7. The fourth-order valence-corrected chi connectivity index (χ4v) is 2.85. The van der Waals surface area contributed by atoms with Crippen LogP contribution in [0.1, 0.15) is 10.9 Å². The molecular formula is C16H18ClNS. The average molecular weight is 292 g/mol. The van der Waals surface area contributed by atoms with E-state index < -0.39 is 0 Å². The zero-order chi connectivity index (χ0) is 13.3. The molecule has 100 valence electrons. The lowest BCUT2D eigenvalue weighted by Crippen LogP contribution is -2.21. The number of hydrogen-bond acceptors (Lipinski definition) is 2. The highest BCUT2D eigenvalue weighted by Crippen LogP contribution is 2.19. The maximum absolute atomic E-state index is 6.33. The van der Waals surface area contributed by atoms with E-state index in [0.717, 1.165) is 18.8 Å². The second-order valence-electron chi connectivity index (χ2n) is 4.24. The lowest BCUT2D eigenvalue weighted by Gasteiger charge is -2.11. The van der Waals surface area contributed by atoms with E-state index in [1.165, 1.54) is 10.5 Å². The molecule has 1 nitrogen and oxygen atoms in total. The number of benzene rings is 2. The van der Waals surface area contributed by atoms with Crippen LogP contribution in [-0.2, 0) is 0 Å². The fraction of sp³-hybridized carbons (Fsp3) is 0.250. The van der Waals surface area contributed by atoms with Gasteiger partial charge in [0.25, 0.3) is 0 Å². The molecule has 2 aromatic carbocycles. The molecule has 19 heavy (non-hydrogen) atoms. The summed E-state index contributed by atoms with van der Waals surface area (Å²) < 4.78 is 0. The maximum Gasteiger partial charge on any atom is 0.0709 e. The summed E-state index contributed by atoms with van der Waals surface area (Å²) in [5.41, 5.74) is 1.17. The molecule has 0 spiro atoms. The molecule has 0 heterocycles. The molecule has 0 saturated carbocycles. The Labute approximate surface area is 124 Å². The number of thioether (sulfide) groups is 1. The predicted molar refractivity (Wildman–Crippen MR) is 85.1 cm³/mol. The van der Waals surface area contributed by atoms with Gasteiger partial charge >= 0.3 is 0 Å². The standard InChI is InChI=1S/C16H18ClNS/c17-16(14-7-3-1-4-8-14)13-18-11-12-19-15-9-5-2-6-10-15/h1-10,16,18H,11-13H2. The van der Waals surface area contributed by atoms with Gasteiger partial charge in [-0.3, -0.25) is 0 Å². The molecule has 0 aromatic heterocycles. The van der Waals surface area contributed by atoms with Gasteiger partial charge in [-0.25, -0.2) is 0 Å². The van der Waals surface area contributed by atoms with Crippen molar-refractivity contribution in [1.82, 2.24) is 5.32 Å². The van der Waals surface area contributed by atoms with Crippen LogP contribution in [0.15, 0.2) is 65.6 Å². The molecule has 0 bridgehead atoms. The molecule has 0 saturated heterocycles. The number of rotatable bonds is 7. The highest BCUT2D eigenvalue weighted by atomic mass is 35.5. The molecule has 0 aliphatic carbocycles. The summed E-state index contributed by atoms with van der Waals surface area (Å²) >= 11 is 8.20. The van der Waals surface area contributed by atoms with Gasteiger partial charge in [-0.05, 0) is 17.7 Å². The van der Waals surface area contributed by atoms with Crippen LogP contribution in [-0.4, -0.2) is 18.8 Å². The lowest BCUT2D eigenvalue weighted by atomic mass is 10.1. The van der Waals surface area contributed by atoms with Gasteiger partial charge in [-0.15, -0.1) is 23.4 Å². The highest BCUT2D eigenvalue weighted by Gasteiger charge is 2.05. The monoisotopic (exact) mass is 291 g/mol. The molecule has 2 aromatic rings. The Hall–Kier alpha value is -0.960. The molecule has 0 aliphatic heterocycles. The van der Waals surface area contributed by atoms with E-state index >= 15 is 0 Å². The van der Waals surface area contributed by atoms with Gasteiger partial charge in [0, 0.05) is 23.7 Å². The van der Waals surface area contributed by atoms with Crippen LogP contribution >= 0.6 is 23.4 Å². The summed E-state index contributed by atoms with van der Waals surface area (Å²) in [5, 5.41) is 3.45. The van der Waals surface area contributed by atoms with Crippen molar-refractivity contribution in [3.63, 3.8) is 0 Å². The first-order valence-electron chi connectivity index (χ1n) is 6.44.